The Morgan fingerprint density at radius 1 is 1.50 bits per heavy atom. The summed E-state index contributed by atoms with van der Waals surface area (Å²) in [5.41, 5.74) is 0.0375. The Hall–Kier alpha value is -1.51. The molecule has 1 heterocycles. The van der Waals surface area contributed by atoms with Crippen LogP contribution in [-0.2, 0) is 4.74 Å². The van der Waals surface area contributed by atoms with E-state index in [4.69, 9.17) is 10.00 Å². The Kier molecular flexibility index (Phi) is 4.24. The first-order valence-corrected chi connectivity index (χ1v) is 5.91. The van der Waals surface area contributed by atoms with E-state index >= 15 is 0 Å². The molecule has 1 aliphatic heterocycles. The smallest absolute Gasteiger partial charge is 0.164 e. The summed E-state index contributed by atoms with van der Waals surface area (Å²) in [7, 11) is 0. The summed E-state index contributed by atoms with van der Waals surface area (Å²) in [6, 6.07) is 4.92. The number of rotatable bonds is 4. The maximum Gasteiger partial charge on any atom is 0.164 e. The molecule has 1 N–H and O–H groups in total. The molecule has 0 amide bonds. The van der Waals surface area contributed by atoms with Crippen LogP contribution >= 0.6 is 0 Å². The van der Waals surface area contributed by atoms with Crippen LogP contribution in [0.5, 0.6) is 0 Å². The van der Waals surface area contributed by atoms with Crippen molar-refractivity contribution in [2.75, 3.05) is 13.2 Å². The molecule has 1 aliphatic rings. The number of hydrogen-bond donors (Lipinski definition) is 1. The van der Waals surface area contributed by atoms with Gasteiger partial charge in [0.05, 0.1) is 12.2 Å². The summed E-state index contributed by atoms with van der Waals surface area (Å²) in [6.45, 7) is 1.19. The van der Waals surface area contributed by atoms with Crippen molar-refractivity contribution in [3.8, 4) is 6.07 Å². The van der Waals surface area contributed by atoms with Gasteiger partial charge in [-0.25, -0.2) is 8.78 Å². The third-order valence-electron chi connectivity index (χ3n) is 3.00. The molecule has 2 rings (SSSR count). The van der Waals surface area contributed by atoms with E-state index in [1.165, 1.54) is 12.1 Å². The summed E-state index contributed by atoms with van der Waals surface area (Å²) in [4.78, 5) is 0. The van der Waals surface area contributed by atoms with Crippen molar-refractivity contribution in [1.29, 1.82) is 5.26 Å². The summed E-state index contributed by atoms with van der Waals surface area (Å²) in [6.07, 6.45) is 1.98. The van der Waals surface area contributed by atoms with Crippen LogP contribution in [0.2, 0.25) is 0 Å². The van der Waals surface area contributed by atoms with Crippen molar-refractivity contribution in [3.63, 3.8) is 0 Å². The Balaban J connectivity index is 2.03. The largest absolute Gasteiger partial charge is 0.377 e. The van der Waals surface area contributed by atoms with Gasteiger partial charge in [-0.2, -0.15) is 5.26 Å². The predicted octanol–water partition coefficient (Wildman–Crippen LogP) is 2.30. The van der Waals surface area contributed by atoms with Crippen LogP contribution in [-0.4, -0.2) is 19.3 Å². The Bertz CT molecular complexity index is 453. The van der Waals surface area contributed by atoms with E-state index in [9.17, 15) is 8.78 Å². The van der Waals surface area contributed by atoms with E-state index in [-0.39, 0.29) is 11.7 Å². The van der Waals surface area contributed by atoms with Gasteiger partial charge >= 0.3 is 0 Å². The SMILES string of the molecule is N#CC(NCC1CCCO1)c1cccc(F)c1F. The van der Waals surface area contributed by atoms with Crippen molar-refractivity contribution >= 4 is 0 Å². The fourth-order valence-electron chi connectivity index (χ4n) is 2.02. The van der Waals surface area contributed by atoms with Crippen LogP contribution in [0.25, 0.3) is 0 Å². The molecule has 2 unspecified atom stereocenters. The lowest BCUT2D eigenvalue weighted by Crippen LogP contribution is -2.30. The molecule has 0 radical (unpaired) electrons. The highest BCUT2D eigenvalue weighted by molar-refractivity contribution is 5.26. The lowest BCUT2D eigenvalue weighted by Gasteiger charge is -2.16. The van der Waals surface area contributed by atoms with Gasteiger partial charge in [-0.3, -0.25) is 5.32 Å². The molecule has 1 aromatic carbocycles. The first-order valence-electron chi connectivity index (χ1n) is 5.91. The molecule has 5 heteroatoms. The van der Waals surface area contributed by atoms with Gasteiger partial charge in [-0.15, -0.1) is 0 Å². The van der Waals surface area contributed by atoms with Crippen LogP contribution in [0, 0.1) is 23.0 Å². The number of nitrogens with zero attached hydrogens (tertiary/aromatic N) is 1. The molecule has 0 aromatic heterocycles. The second-order valence-corrected chi connectivity index (χ2v) is 4.25. The summed E-state index contributed by atoms with van der Waals surface area (Å²) < 4.78 is 32.0. The van der Waals surface area contributed by atoms with E-state index in [0.717, 1.165) is 25.5 Å². The van der Waals surface area contributed by atoms with Crippen molar-refractivity contribution in [3.05, 3.63) is 35.4 Å². The van der Waals surface area contributed by atoms with Crippen molar-refractivity contribution < 1.29 is 13.5 Å². The quantitative estimate of drug-likeness (QED) is 0.894. The Morgan fingerprint density at radius 2 is 2.33 bits per heavy atom. The van der Waals surface area contributed by atoms with Gasteiger partial charge in [-0.05, 0) is 18.9 Å². The van der Waals surface area contributed by atoms with Crippen molar-refractivity contribution in [1.82, 2.24) is 5.32 Å². The zero-order valence-corrected chi connectivity index (χ0v) is 9.83. The van der Waals surface area contributed by atoms with Crippen molar-refractivity contribution in [2.24, 2.45) is 0 Å². The molecule has 0 spiro atoms. The van der Waals surface area contributed by atoms with Gasteiger partial charge in [0.1, 0.15) is 6.04 Å². The van der Waals surface area contributed by atoms with Crippen LogP contribution in [0.1, 0.15) is 24.4 Å². The maximum absolute atomic E-state index is 13.5. The molecule has 96 valence electrons. The van der Waals surface area contributed by atoms with Gasteiger partial charge < -0.3 is 4.74 Å². The van der Waals surface area contributed by atoms with E-state index in [1.54, 1.807) is 0 Å². The Morgan fingerprint density at radius 3 is 3.00 bits per heavy atom. The lowest BCUT2D eigenvalue weighted by molar-refractivity contribution is 0.109. The van der Waals surface area contributed by atoms with Crippen molar-refractivity contribution in [2.45, 2.75) is 25.0 Å². The summed E-state index contributed by atoms with van der Waals surface area (Å²) in [5, 5.41) is 11.9. The fraction of sp³-hybridized carbons (Fsp3) is 0.462. The predicted molar refractivity (Wildman–Crippen MR) is 61.7 cm³/mol. The molecule has 3 nitrogen and oxygen atoms in total. The Labute approximate surface area is 104 Å². The fourth-order valence-corrected chi connectivity index (χ4v) is 2.02. The zero-order chi connectivity index (χ0) is 13.0. The number of ether oxygens (including phenoxy) is 1. The highest BCUT2D eigenvalue weighted by Gasteiger charge is 2.21. The van der Waals surface area contributed by atoms with Crippen LogP contribution in [0.15, 0.2) is 18.2 Å². The second kappa shape index (κ2) is 5.89. The van der Waals surface area contributed by atoms with Crippen LogP contribution in [0.4, 0.5) is 8.78 Å². The highest BCUT2D eigenvalue weighted by Crippen LogP contribution is 2.19. The van der Waals surface area contributed by atoms with Gasteiger partial charge in [0.15, 0.2) is 11.6 Å². The first kappa shape index (κ1) is 12.9. The molecule has 1 saturated heterocycles. The number of hydrogen-bond acceptors (Lipinski definition) is 3. The number of nitrogens with one attached hydrogen (secondary N) is 1. The molecular formula is C13H14F2N2O. The van der Waals surface area contributed by atoms with Gasteiger partial charge in [0.2, 0.25) is 0 Å². The van der Waals surface area contributed by atoms with E-state index in [2.05, 4.69) is 5.32 Å². The molecule has 1 aromatic rings. The average Bonchev–Trinajstić information content (AvgIpc) is 2.88. The van der Waals surface area contributed by atoms with Crippen LogP contribution in [0.3, 0.4) is 0 Å². The maximum atomic E-state index is 13.5. The lowest BCUT2D eigenvalue weighted by atomic mass is 10.1. The number of halogens is 2. The minimum absolute atomic E-state index is 0.0375. The molecular weight excluding hydrogens is 238 g/mol. The van der Waals surface area contributed by atoms with E-state index < -0.39 is 17.7 Å². The third kappa shape index (κ3) is 2.84. The molecule has 0 saturated carbocycles. The normalized spacial score (nSPS) is 20.6. The second-order valence-electron chi connectivity index (χ2n) is 4.25. The average molecular weight is 252 g/mol. The number of nitriles is 1. The first-order chi connectivity index (χ1) is 8.72. The van der Waals surface area contributed by atoms with E-state index in [0.29, 0.717) is 6.54 Å². The summed E-state index contributed by atoms with van der Waals surface area (Å²) in [5.74, 6) is -1.91. The number of benzene rings is 1. The van der Waals surface area contributed by atoms with Gasteiger partial charge in [0, 0.05) is 18.7 Å². The monoisotopic (exact) mass is 252 g/mol. The molecule has 1 fully saturated rings. The van der Waals surface area contributed by atoms with Crippen LogP contribution < -0.4 is 5.32 Å². The molecule has 0 aliphatic carbocycles. The third-order valence-corrected chi connectivity index (χ3v) is 3.00. The van der Waals surface area contributed by atoms with E-state index in [1.807, 2.05) is 6.07 Å². The standard InChI is InChI=1S/C13H14F2N2O/c14-11-5-1-4-10(13(11)15)12(7-16)17-8-9-3-2-6-18-9/h1,4-5,9,12,17H,2-3,6,8H2. The minimum atomic E-state index is -0.969. The highest BCUT2D eigenvalue weighted by atomic mass is 19.2. The molecule has 0 bridgehead atoms. The molecule has 2 atom stereocenters. The molecule has 18 heavy (non-hydrogen) atoms. The van der Waals surface area contributed by atoms with Gasteiger partial charge in [0.25, 0.3) is 0 Å². The topological polar surface area (TPSA) is 45.0 Å². The zero-order valence-electron chi connectivity index (χ0n) is 9.83. The van der Waals surface area contributed by atoms with Gasteiger partial charge in [-0.1, -0.05) is 12.1 Å². The summed E-state index contributed by atoms with van der Waals surface area (Å²) >= 11 is 0. The minimum Gasteiger partial charge on any atom is -0.377 e.